The van der Waals surface area contributed by atoms with E-state index >= 15 is 0 Å². The molecule has 0 aliphatic heterocycles. The Morgan fingerprint density at radius 2 is 1.50 bits per heavy atom. The predicted molar refractivity (Wildman–Crippen MR) is 126 cm³/mol. The highest BCUT2D eigenvalue weighted by molar-refractivity contribution is 7.97. The van der Waals surface area contributed by atoms with Gasteiger partial charge in [0.25, 0.3) is 0 Å². The summed E-state index contributed by atoms with van der Waals surface area (Å²) in [7, 11) is 0. The summed E-state index contributed by atoms with van der Waals surface area (Å²) in [4.78, 5) is 0. The van der Waals surface area contributed by atoms with Gasteiger partial charge < -0.3 is 11.0 Å². The topological polar surface area (TPSA) is 96.6 Å². The highest BCUT2D eigenvalue weighted by Crippen LogP contribution is 2.32. The molecule has 0 radical (unpaired) electrons. The smallest absolute Gasteiger partial charge is 0.412 e. The number of hydrogen-bond donors (Lipinski definition) is 1. The van der Waals surface area contributed by atoms with Crippen molar-refractivity contribution < 1.29 is 24.1 Å². The fourth-order valence-electron chi connectivity index (χ4n) is 3.55. The van der Waals surface area contributed by atoms with Crippen LogP contribution >= 0.6 is 24.0 Å². The van der Waals surface area contributed by atoms with Crippen LogP contribution in [0.5, 0.6) is 0 Å². The first kappa shape index (κ1) is 27.9. The molecule has 0 saturated carbocycles. The number of aromatic nitrogens is 3. The van der Waals surface area contributed by atoms with Crippen molar-refractivity contribution in [2.45, 2.75) is 52.3 Å². The third kappa shape index (κ3) is 5.43. The second kappa shape index (κ2) is 10.7. The second-order valence-electron chi connectivity index (χ2n) is 7.42. The summed E-state index contributed by atoms with van der Waals surface area (Å²) in [6.07, 6.45) is -4.41. The molecular weight excluding hydrogens is 459 g/mol. The van der Waals surface area contributed by atoms with Crippen molar-refractivity contribution in [1.29, 1.82) is 0 Å². The summed E-state index contributed by atoms with van der Waals surface area (Å²) in [5.74, 6) is 1.91. The van der Waals surface area contributed by atoms with Crippen LogP contribution < -0.4 is 0 Å². The van der Waals surface area contributed by atoms with E-state index in [1.54, 1.807) is 22.4 Å². The van der Waals surface area contributed by atoms with Gasteiger partial charge >= 0.3 is 6.18 Å². The van der Waals surface area contributed by atoms with Gasteiger partial charge in [-0.15, -0.1) is 11.8 Å². The SMILES string of the molecule is Cc1c(C)c(C)c(CSCc2n[nH]c(=S)n2-c2cccc(C(F)(F)F)c2)c(C)c1C.O.O. The van der Waals surface area contributed by atoms with Crippen LogP contribution in [0.2, 0.25) is 0 Å². The number of hydrogen-bond acceptors (Lipinski definition) is 3. The zero-order chi connectivity index (χ0) is 22.2. The molecule has 0 fully saturated rings. The van der Waals surface area contributed by atoms with Gasteiger partial charge in [0, 0.05) is 5.75 Å². The number of nitrogens with zero attached hydrogens (tertiary/aromatic N) is 2. The Kier molecular flexibility index (Phi) is 9.28. The highest BCUT2D eigenvalue weighted by Gasteiger charge is 2.30. The van der Waals surface area contributed by atoms with Gasteiger partial charge in [-0.25, -0.2) is 0 Å². The molecular formula is C22H28F3N3O2S2. The van der Waals surface area contributed by atoms with Crippen LogP contribution in [0, 0.1) is 39.4 Å². The van der Waals surface area contributed by atoms with E-state index in [0.717, 1.165) is 17.9 Å². The van der Waals surface area contributed by atoms with Gasteiger partial charge in [-0.1, -0.05) is 6.07 Å². The summed E-state index contributed by atoms with van der Waals surface area (Å²) in [5, 5.41) is 6.97. The molecule has 3 aromatic rings. The number of benzene rings is 2. The molecule has 0 aliphatic carbocycles. The minimum Gasteiger partial charge on any atom is -0.412 e. The first-order valence-corrected chi connectivity index (χ1v) is 11.1. The molecule has 1 heterocycles. The van der Waals surface area contributed by atoms with Gasteiger partial charge in [0.15, 0.2) is 4.77 Å². The predicted octanol–water partition coefficient (Wildman–Crippen LogP) is 5.27. The summed E-state index contributed by atoms with van der Waals surface area (Å²) in [5.41, 5.74) is 7.47. The maximum absolute atomic E-state index is 13.1. The monoisotopic (exact) mass is 487 g/mol. The van der Waals surface area contributed by atoms with Crippen LogP contribution in [-0.4, -0.2) is 25.7 Å². The van der Waals surface area contributed by atoms with Crippen LogP contribution in [0.15, 0.2) is 24.3 Å². The molecule has 0 spiro atoms. The second-order valence-corrected chi connectivity index (χ2v) is 8.80. The molecule has 1 aromatic heterocycles. The molecule has 176 valence electrons. The number of rotatable bonds is 5. The molecule has 2 aromatic carbocycles. The average Bonchev–Trinajstić information content (AvgIpc) is 3.07. The van der Waals surface area contributed by atoms with Gasteiger partial charge in [0.05, 0.1) is 17.0 Å². The molecule has 0 aliphatic rings. The molecule has 3 rings (SSSR count). The summed E-state index contributed by atoms with van der Waals surface area (Å²) >= 11 is 6.95. The zero-order valence-corrected chi connectivity index (χ0v) is 20.2. The van der Waals surface area contributed by atoms with E-state index in [4.69, 9.17) is 12.2 Å². The number of thioether (sulfide) groups is 1. The standard InChI is InChI=1S/C22H24F3N3S2.2H2O/c1-12-13(2)15(4)19(16(5)14(12)3)10-30-11-20-26-27-21(29)28(20)18-8-6-7-17(9-18)22(23,24)25;;/h6-9H,10-11H2,1-5H3,(H,27,29);2*1H2. The highest BCUT2D eigenvalue weighted by atomic mass is 32.2. The summed E-state index contributed by atoms with van der Waals surface area (Å²) in [6, 6.07) is 5.14. The molecule has 32 heavy (non-hydrogen) atoms. The van der Waals surface area contributed by atoms with Crippen molar-refractivity contribution in [3.63, 3.8) is 0 Å². The Balaban J connectivity index is 0.00000256. The van der Waals surface area contributed by atoms with Crippen LogP contribution in [0.25, 0.3) is 5.69 Å². The fraction of sp³-hybridized carbons (Fsp3) is 0.364. The first-order chi connectivity index (χ1) is 14.0. The quantitative estimate of drug-likeness (QED) is 0.496. The number of nitrogens with one attached hydrogen (secondary N) is 1. The molecule has 0 amide bonds. The Bertz CT molecular complexity index is 1130. The Morgan fingerprint density at radius 3 is 2.06 bits per heavy atom. The van der Waals surface area contributed by atoms with E-state index < -0.39 is 11.7 Å². The molecule has 0 unspecified atom stereocenters. The zero-order valence-electron chi connectivity index (χ0n) is 18.6. The van der Waals surface area contributed by atoms with Gasteiger partial charge in [-0.05, 0) is 98.4 Å². The van der Waals surface area contributed by atoms with Crippen molar-refractivity contribution in [3.05, 3.63) is 73.8 Å². The molecule has 5 N–H and O–H groups in total. The van der Waals surface area contributed by atoms with Crippen molar-refractivity contribution >= 4 is 24.0 Å². The third-order valence-corrected chi connectivity index (χ3v) is 7.04. The number of H-pyrrole nitrogens is 1. The average molecular weight is 488 g/mol. The largest absolute Gasteiger partial charge is 0.416 e. The van der Waals surface area contributed by atoms with E-state index in [2.05, 4.69) is 44.8 Å². The first-order valence-electron chi connectivity index (χ1n) is 9.49. The normalized spacial score (nSPS) is 11.1. The lowest BCUT2D eigenvalue weighted by Gasteiger charge is -2.18. The van der Waals surface area contributed by atoms with Gasteiger partial charge in [0.1, 0.15) is 5.82 Å². The maximum Gasteiger partial charge on any atom is 0.416 e. The molecule has 0 atom stereocenters. The van der Waals surface area contributed by atoms with Crippen molar-refractivity contribution in [1.82, 2.24) is 14.8 Å². The van der Waals surface area contributed by atoms with Gasteiger partial charge in [0.2, 0.25) is 0 Å². The number of halogens is 3. The van der Waals surface area contributed by atoms with E-state index in [1.165, 1.54) is 39.4 Å². The van der Waals surface area contributed by atoms with E-state index in [0.29, 0.717) is 17.3 Å². The lowest BCUT2D eigenvalue weighted by molar-refractivity contribution is -0.137. The third-order valence-electron chi connectivity index (χ3n) is 5.81. The maximum atomic E-state index is 13.1. The molecule has 5 nitrogen and oxygen atoms in total. The summed E-state index contributed by atoms with van der Waals surface area (Å²) < 4.78 is 41.2. The fourth-order valence-corrected chi connectivity index (χ4v) is 4.92. The van der Waals surface area contributed by atoms with Crippen LogP contribution in [-0.2, 0) is 17.7 Å². The Morgan fingerprint density at radius 1 is 0.938 bits per heavy atom. The minimum absolute atomic E-state index is 0. The lowest BCUT2D eigenvalue weighted by atomic mass is 9.90. The molecule has 0 bridgehead atoms. The Labute approximate surface area is 194 Å². The number of alkyl halides is 3. The number of aromatic amines is 1. The molecule has 10 heteroatoms. The van der Waals surface area contributed by atoms with E-state index in [-0.39, 0.29) is 15.7 Å². The van der Waals surface area contributed by atoms with Gasteiger partial charge in [-0.2, -0.15) is 18.3 Å². The van der Waals surface area contributed by atoms with Gasteiger partial charge in [-0.3, -0.25) is 9.67 Å². The van der Waals surface area contributed by atoms with Crippen LogP contribution in [0.3, 0.4) is 0 Å². The van der Waals surface area contributed by atoms with Crippen molar-refractivity contribution in [3.8, 4) is 5.69 Å². The Hall–Kier alpha value is -2.14. The van der Waals surface area contributed by atoms with E-state index in [1.807, 2.05) is 0 Å². The summed E-state index contributed by atoms with van der Waals surface area (Å²) in [6.45, 7) is 10.7. The van der Waals surface area contributed by atoms with Crippen molar-refractivity contribution in [2.75, 3.05) is 0 Å². The minimum atomic E-state index is -4.41. The van der Waals surface area contributed by atoms with Crippen LogP contribution in [0.1, 0.15) is 44.8 Å². The molecule has 0 saturated heterocycles. The van der Waals surface area contributed by atoms with Crippen molar-refractivity contribution in [2.24, 2.45) is 0 Å². The lowest BCUT2D eigenvalue weighted by Crippen LogP contribution is -2.07. The van der Waals surface area contributed by atoms with E-state index in [9.17, 15) is 13.2 Å². The van der Waals surface area contributed by atoms with Crippen LogP contribution in [0.4, 0.5) is 13.2 Å².